The lowest BCUT2D eigenvalue weighted by molar-refractivity contribution is 0.683. The summed E-state index contributed by atoms with van der Waals surface area (Å²) in [5.74, 6) is 0.616. The van der Waals surface area contributed by atoms with Crippen LogP contribution in [-0.2, 0) is 0 Å². The first kappa shape index (κ1) is 9.13. The summed E-state index contributed by atoms with van der Waals surface area (Å²) in [4.78, 5) is 0. The highest BCUT2D eigenvalue weighted by atomic mass is 14.9. The first-order chi connectivity index (χ1) is 6.68. The van der Waals surface area contributed by atoms with Crippen molar-refractivity contribution in [1.29, 1.82) is 0 Å². The first-order valence-electron chi connectivity index (χ1n) is 5.01. The van der Waals surface area contributed by atoms with Crippen molar-refractivity contribution in [3.8, 4) is 0 Å². The molecule has 0 saturated heterocycles. The maximum absolute atomic E-state index is 5.68. The zero-order chi connectivity index (χ0) is 10.1. The van der Waals surface area contributed by atoms with Crippen molar-refractivity contribution in [1.82, 2.24) is 0 Å². The Morgan fingerprint density at radius 1 is 1.57 bits per heavy atom. The van der Waals surface area contributed by atoms with Crippen molar-refractivity contribution in [3.05, 3.63) is 35.9 Å². The Balaban J connectivity index is 2.45. The molecule has 1 aliphatic heterocycles. The number of hydrogen-bond acceptors (Lipinski definition) is 2. The van der Waals surface area contributed by atoms with E-state index in [0.717, 1.165) is 12.1 Å². The standard InChI is InChI=1S/C12H16N2/c1-8-5-6-14-12-4-3-10(9(2)13)7-11(8)12/h3-4,7-8,14H,2,5-6,13H2,1H3. The molecule has 74 valence electrons. The summed E-state index contributed by atoms with van der Waals surface area (Å²) in [5, 5.41) is 3.39. The van der Waals surface area contributed by atoms with Gasteiger partial charge in [0.05, 0.1) is 0 Å². The average Bonchev–Trinajstić information content (AvgIpc) is 2.18. The number of fused-ring (bicyclic) bond motifs is 1. The molecular formula is C12H16N2. The number of benzene rings is 1. The van der Waals surface area contributed by atoms with Crippen LogP contribution >= 0.6 is 0 Å². The van der Waals surface area contributed by atoms with Gasteiger partial charge in [0.1, 0.15) is 0 Å². The Kier molecular flexibility index (Phi) is 2.20. The monoisotopic (exact) mass is 188 g/mol. The molecular weight excluding hydrogens is 172 g/mol. The summed E-state index contributed by atoms with van der Waals surface area (Å²) < 4.78 is 0. The van der Waals surface area contributed by atoms with Crippen molar-refractivity contribution < 1.29 is 0 Å². The normalized spacial score (nSPS) is 19.6. The van der Waals surface area contributed by atoms with Crippen LogP contribution in [0, 0.1) is 0 Å². The minimum absolute atomic E-state index is 0.616. The highest BCUT2D eigenvalue weighted by molar-refractivity contribution is 5.66. The summed E-state index contributed by atoms with van der Waals surface area (Å²) in [6.07, 6.45) is 1.19. The number of hydrogen-bond donors (Lipinski definition) is 2. The fourth-order valence-electron chi connectivity index (χ4n) is 1.91. The highest BCUT2D eigenvalue weighted by Crippen LogP contribution is 2.32. The molecule has 1 atom stereocenters. The lowest BCUT2D eigenvalue weighted by Gasteiger charge is -2.24. The second-order valence-electron chi connectivity index (χ2n) is 3.94. The van der Waals surface area contributed by atoms with Crippen molar-refractivity contribution in [2.75, 3.05) is 11.9 Å². The molecule has 1 aromatic carbocycles. The highest BCUT2D eigenvalue weighted by Gasteiger charge is 2.15. The SMILES string of the molecule is C=C(N)c1ccc2c(c1)C(C)CCN2. The molecule has 0 radical (unpaired) electrons. The molecule has 0 fully saturated rings. The van der Waals surface area contributed by atoms with E-state index in [9.17, 15) is 0 Å². The van der Waals surface area contributed by atoms with Crippen LogP contribution in [-0.4, -0.2) is 6.54 Å². The van der Waals surface area contributed by atoms with Crippen LogP contribution in [0.5, 0.6) is 0 Å². The topological polar surface area (TPSA) is 38.0 Å². The maximum Gasteiger partial charge on any atom is 0.0375 e. The lowest BCUT2D eigenvalue weighted by Crippen LogP contribution is -2.15. The van der Waals surface area contributed by atoms with Crippen LogP contribution in [0.15, 0.2) is 24.8 Å². The van der Waals surface area contributed by atoms with Crippen LogP contribution in [0.4, 0.5) is 5.69 Å². The van der Waals surface area contributed by atoms with Gasteiger partial charge in [-0.25, -0.2) is 0 Å². The van der Waals surface area contributed by atoms with Gasteiger partial charge in [-0.1, -0.05) is 19.6 Å². The van der Waals surface area contributed by atoms with Gasteiger partial charge >= 0.3 is 0 Å². The van der Waals surface area contributed by atoms with E-state index in [4.69, 9.17) is 5.73 Å². The number of nitrogens with two attached hydrogens (primary N) is 1. The second kappa shape index (κ2) is 3.37. The number of anilines is 1. The Bertz CT molecular complexity index is 369. The Morgan fingerprint density at radius 2 is 2.36 bits per heavy atom. The van der Waals surface area contributed by atoms with Crippen LogP contribution in [0.1, 0.15) is 30.4 Å². The summed E-state index contributed by atoms with van der Waals surface area (Å²) in [6.45, 7) is 7.08. The summed E-state index contributed by atoms with van der Waals surface area (Å²) in [7, 11) is 0. The van der Waals surface area contributed by atoms with Crippen LogP contribution in [0.3, 0.4) is 0 Å². The minimum Gasteiger partial charge on any atom is -0.399 e. The molecule has 2 rings (SSSR count). The molecule has 0 amide bonds. The minimum atomic E-state index is 0.616. The van der Waals surface area contributed by atoms with Crippen LogP contribution in [0.2, 0.25) is 0 Å². The molecule has 3 N–H and O–H groups in total. The van der Waals surface area contributed by atoms with E-state index in [1.165, 1.54) is 17.7 Å². The van der Waals surface area contributed by atoms with Gasteiger partial charge in [-0.3, -0.25) is 0 Å². The third-order valence-corrected chi connectivity index (χ3v) is 2.85. The molecule has 0 aromatic heterocycles. The van der Waals surface area contributed by atoms with Crippen molar-refractivity contribution in [2.24, 2.45) is 5.73 Å². The summed E-state index contributed by atoms with van der Waals surface area (Å²) in [5.41, 5.74) is 9.97. The maximum atomic E-state index is 5.68. The fourth-order valence-corrected chi connectivity index (χ4v) is 1.91. The van der Waals surface area contributed by atoms with Crippen molar-refractivity contribution in [3.63, 3.8) is 0 Å². The van der Waals surface area contributed by atoms with Crippen LogP contribution in [0.25, 0.3) is 5.70 Å². The van der Waals surface area contributed by atoms with Gasteiger partial charge in [0.15, 0.2) is 0 Å². The van der Waals surface area contributed by atoms with E-state index in [-0.39, 0.29) is 0 Å². The fraction of sp³-hybridized carbons (Fsp3) is 0.333. The van der Waals surface area contributed by atoms with Gasteiger partial charge in [0.2, 0.25) is 0 Å². The molecule has 14 heavy (non-hydrogen) atoms. The Morgan fingerprint density at radius 3 is 3.07 bits per heavy atom. The van der Waals surface area contributed by atoms with Gasteiger partial charge in [0.25, 0.3) is 0 Å². The molecule has 2 heteroatoms. The summed E-state index contributed by atoms with van der Waals surface area (Å²) >= 11 is 0. The van der Waals surface area contributed by atoms with Gasteiger partial charge in [-0.15, -0.1) is 0 Å². The number of rotatable bonds is 1. The van der Waals surface area contributed by atoms with Crippen molar-refractivity contribution >= 4 is 11.4 Å². The lowest BCUT2D eigenvalue weighted by atomic mass is 9.91. The number of nitrogens with one attached hydrogen (secondary N) is 1. The molecule has 1 aliphatic rings. The predicted octanol–water partition coefficient (Wildman–Crippen LogP) is 2.54. The van der Waals surface area contributed by atoms with Gasteiger partial charge in [-0.05, 0) is 35.6 Å². The zero-order valence-electron chi connectivity index (χ0n) is 8.51. The smallest absolute Gasteiger partial charge is 0.0375 e. The molecule has 2 nitrogen and oxygen atoms in total. The van der Waals surface area contributed by atoms with E-state index in [0.29, 0.717) is 11.6 Å². The van der Waals surface area contributed by atoms with E-state index in [1.54, 1.807) is 0 Å². The zero-order valence-corrected chi connectivity index (χ0v) is 8.51. The first-order valence-corrected chi connectivity index (χ1v) is 5.01. The van der Waals surface area contributed by atoms with Gasteiger partial charge in [0, 0.05) is 17.9 Å². The molecule has 1 aromatic rings. The average molecular weight is 188 g/mol. The van der Waals surface area contributed by atoms with Crippen molar-refractivity contribution in [2.45, 2.75) is 19.3 Å². The van der Waals surface area contributed by atoms with E-state index < -0.39 is 0 Å². The Hall–Kier alpha value is -1.44. The van der Waals surface area contributed by atoms with Gasteiger partial charge < -0.3 is 11.1 Å². The molecule has 1 unspecified atom stereocenters. The molecule has 1 heterocycles. The quantitative estimate of drug-likeness (QED) is 0.710. The molecule has 0 aliphatic carbocycles. The largest absolute Gasteiger partial charge is 0.399 e. The third-order valence-electron chi connectivity index (χ3n) is 2.85. The van der Waals surface area contributed by atoms with E-state index in [2.05, 4.69) is 31.0 Å². The van der Waals surface area contributed by atoms with Gasteiger partial charge in [-0.2, -0.15) is 0 Å². The summed E-state index contributed by atoms with van der Waals surface area (Å²) in [6, 6.07) is 6.26. The Labute approximate surface area is 84.8 Å². The van der Waals surface area contributed by atoms with E-state index in [1.807, 2.05) is 6.07 Å². The predicted molar refractivity (Wildman–Crippen MR) is 61.2 cm³/mol. The molecule has 0 spiro atoms. The second-order valence-corrected chi connectivity index (χ2v) is 3.94. The molecule has 0 bridgehead atoms. The van der Waals surface area contributed by atoms with E-state index >= 15 is 0 Å². The molecule has 0 saturated carbocycles. The van der Waals surface area contributed by atoms with Crippen LogP contribution < -0.4 is 11.1 Å². The third kappa shape index (κ3) is 1.48.